The summed E-state index contributed by atoms with van der Waals surface area (Å²) in [6.45, 7) is 9.41. The maximum Gasteiger partial charge on any atom is 0.330 e. The summed E-state index contributed by atoms with van der Waals surface area (Å²) in [5, 5.41) is 0. The standard InChI is InChI=1S/C13H22O4/c1-6-16-11(14)8-7-10(2)9-12(15)17-13(3,4)5/h7-8,10H,6,9H2,1-5H3/b8-7+/t10-/m1/s1. The average Bonchev–Trinajstić information content (AvgIpc) is 2.12. The quantitative estimate of drug-likeness (QED) is 0.549. The van der Waals surface area contributed by atoms with Gasteiger partial charge in [0.25, 0.3) is 0 Å². The van der Waals surface area contributed by atoms with Crippen molar-refractivity contribution < 1.29 is 19.1 Å². The highest BCUT2D eigenvalue weighted by Gasteiger charge is 2.17. The largest absolute Gasteiger partial charge is 0.463 e. The molecule has 0 rings (SSSR count). The van der Waals surface area contributed by atoms with Gasteiger partial charge >= 0.3 is 11.9 Å². The fraction of sp³-hybridized carbons (Fsp3) is 0.692. The summed E-state index contributed by atoms with van der Waals surface area (Å²) in [5.41, 5.74) is -0.471. The first kappa shape index (κ1) is 15.7. The van der Waals surface area contributed by atoms with Gasteiger partial charge in [-0.1, -0.05) is 13.0 Å². The number of ether oxygens (including phenoxy) is 2. The van der Waals surface area contributed by atoms with E-state index in [0.29, 0.717) is 6.61 Å². The van der Waals surface area contributed by atoms with Crippen molar-refractivity contribution in [2.75, 3.05) is 6.61 Å². The van der Waals surface area contributed by atoms with Gasteiger partial charge in [-0.15, -0.1) is 0 Å². The molecule has 0 unspecified atom stereocenters. The van der Waals surface area contributed by atoms with Crippen LogP contribution in [0.4, 0.5) is 0 Å². The predicted molar refractivity (Wildman–Crippen MR) is 65.4 cm³/mol. The molecule has 0 aliphatic carbocycles. The van der Waals surface area contributed by atoms with Crippen molar-refractivity contribution in [1.29, 1.82) is 0 Å². The Hall–Kier alpha value is -1.32. The topological polar surface area (TPSA) is 52.6 Å². The fourth-order valence-corrected chi connectivity index (χ4v) is 1.15. The lowest BCUT2D eigenvalue weighted by Gasteiger charge is -2.20. The summed E-state index contributed by atoms with van der Waals surface area (Å²) < 4.78 is 9.91. The number of esters is 2. The number of carbonyl (C=O) groups is 2. The van der Waals surface area contributed by atoms with Crippen LogP contribution in [-0.4, -0.2) is 24.1 Å². The highest BCUT2D eigenvalue weighted by atomic mass is 16.6. The van der Waals surface area contributed by atoms with Gasteiger partial charge in [-0.3, -0.25) is 4.79 Å². The van der Waals surface area contributed by atoms with Crippen LogP contribution in [0, 0.1) is 5.92 Å². The average molecular weight is 242 g/mol. The van der Waals surface area contributed by atoms with Crippen LogP contribution in [0.2, 0.25) is 0 Å². The lowest BCUT2D eigenvalue weighted by Crippen LogP contribution is -2.24. The molecule has 0 heterocycles. The first-order valence-corrected chi connectivity index (χ1v) is 5.81. The number of rotatable bonds is 5. The molecular weight excluding hydrogens is 220 g/mol. The molecule has 0 aromatic carbocycles. The molecule has 4 heteroatoms. The molecule has 0 saturated carbocycles. The zero-order chi connectivity index (χ0) is 13.5. The van der Waals surface area contributed by atoms with Gasteiger partial charge in [0.1, 0.15) is 5.60 Å². The Balaban J connectivity index is 4.05. The lowest BCUT2D eigenvalue weighted by atomic mass is 10.1. The van der Waals surface area contributed by atoms with Crippen LogP contribution < -0.4 is 0 Å². The van der Waals surface area contributed by atoms with Crippen molar-refractivity contribution in [2.24, 2.45) is 5.92 Å². The van der Waals surface area contributed by atoms with Crippen molar-refractivity contribution in [2.45, 2.75) is 46.6 Å². The van der Waals surface area contributed by atoms with Crippen LogP contribution in [0.25, 0.3) is 0 Å². The Morgan fingerprint density at radius 3 is 2.35 bits per heavy atom. The molecule has 0 aliphatic heterocycles. The van der Waals surface area contributed by atoms with Gasteiger partial charge in [0.2, 0.25) is 0 Å². The van der Waals surface area contributed by atoms with E-state index in [0.717, 1.165) is 0 Å². The highest BCUT2D eigenvalue weighted by Crippen LogP contribution is 2.12. The molecule has 98 valence electrons. The van der Waals surface area contributed by atoms with E-state index in [2.05, 4.69) is 0 Å². The van der Waals surface area contributed by atoms with Gasteiger partial charge in [-0.05, 0) is 33.6 Å². The minimum Gasteiger partial charge on any atom is -0.463 e. The first-order chi connectivity index (χ1) is 7.74. The van der Waals surface area contributed by atoms with E-state index in [4.69, 9.17) is 9.47 Å². The molecule has 0 amide bonds. The van der Waals surface area contributed by atoms with E-state index in [1.165, 1.54) is 6.08 Å². The number of hydrogen-bond donors (Lipinski definition) is 0. The first-order valence-electron chi connectivity index (χ1n) is 5.81. The van der Waals surface area contributed by atoms with E-state index in [9.17, 15) is 9.59 Å². The molecule has 0 aromatic heterocycles. The second kappa shape index (κ2) is 7.09. The van der Waals surface area contributed by atoms with Gasteiger partial charge < -0.3 is 9.47 Å². The third-order valence-electron chi connectivity index (χ3n) is 1.76. The number of hydrogen-bond acceptors (Lipinski definition) is 4. The van der Waals surface area contributed by atoms with Crippen molar-refractivity contribution in [3.63, 3.8) is 0 Å². The van der Waals surface area contributed by atoms with Gasteiger partial charge in [0, 0.05) is 6.08 Å². The zero-order valence-electron chi connectivity index (χ0n) is 11.3. The number of carbonyl (C=O) groups excluding carboxylic acids is 2. The Labute approximate surface area is 103 Å². The predicted octanol–water partition coefficient (Wildman–Crippen LogP) is 2.47. The number of allylic oxidation sites excluding steroid dienone is 1. The van der Waals surface area contributed by atoms with Gasteiger partial charge in [0.05, 0.1) is 13.0 Å². The van der Waals surface area contributed by atoms with Crippen molar-refractivity contribution in [3.05, 3.63) is 12.2 Å². The van der Waals surface area contributed by atoms with E-state index >= 15 is 0 Å². The maximum atomic E-state index is 11.5. The minimum atomic E-state index is -0.471. The second-order valence-electron chi connectivity index (χ2n) is 4.88. The van der Waals surface area contributed by atoms with Crippen LogP contribution in [0.5, 0.6) is 0 Å². The van der Waals surface area contributed by atoms with Crippen molar-refractivity contribution >= 4 is 11.9 Å². The SMILES string of the molecule is CCOC(=O)/C=C/[C@@H](C)CC(=O)OC(C)(C)C. The molecule has 0 bridgehead atoms. The molecule has 17 heavy (non-hydrogen) atoms. The monoisotopic (exact) mass is 242 g/mol. The van der Waals surface area contributed by atoms with Crippen LogP contribution in [0.1, 0.15) is 41.0 Å². The molecule has 0 fully saturated rings. The van der Waals surface area contributed by atoms with Gasteiger partial charge in [-0.2, -0.15) is 0 Å². The Morgan fingerprint density at radius 2 is 1.88 bits per heavy atom. The molecule has 0 spiro atoms. The van der Waals surface area contributed by atoms with Crippen molar-refractivity contribution in [1.82, 2.24) is 0 Å². The minimum absolute atomic E-state index is 0.0470. The van der Waals surface area contributed by atoms with Crippen molar-refractivity contribution in [3.8, 4) is 0 Å². The Kier molecular flexibility index (Phi) is 6.54. The third kappa shape index (κ3) is 9.60. The molecule has 4 nitrogen and oxygen atoms in total. The fourth-order valence-electron chi connectivity index (χ4n) is 1.15. The summed E-state index contributed by atoms with van der Waals surface area (Å²) >= 11 is 0. The molecule has 0 radical (unpaired) electrons. The molecule has 1 atom stereocenters. The summed E-state index contributed by atoms with van der Waals surface area (Å²) in [5.74, 6) is -0.698. The van der Waals surface area contributed by atoms with Crippen LogP contribution in [0.3, 0.4) is 0 Å². The summed E-state index contributed by atoms with van der Waals surface area (Å²) in [6, 6.07) is 0. The molecule has 0 aliphatic rings. The smallest absolute Gasteiger partial charge is 0.330 e. The summed E-state index contributed by atoms with van der Waals surface area (Å²) in [7, 11) is 0. The van der Waals surface area contributed by atoms with Gasteiger partial charge in [0.15, 0.2) is 0 Å². The molecule has 0 N–H and O–H groups in total. The third-order valence-corrected chi connectivity index (χ3v) is 1.76. The van der Waals surface area contributed by atoms with Crippen LogP contribution in [-0.2, 0) is 19.1 Å². The highest BCUT2D eigenvalue weighted by molar-refractivity contribution is 5.82. The van der Waals surface area contributed by atoms with E-state index in [1.54, 1.807) is 13.0 Å². The van der Waals surface area contributed by atoms with Crippen LogP contribution in [0.15, 0.2) is 12.2 Å². The second-order valence-corrected chi connectivity index (χ2v) is 4.88. The van der Waals surface area contributed by atoms with Gasteiger partial charge in [-0.25, -0.2) is 4.79 Å². The Morgan fingerprint density at radius 1 is 1.29 bits per heavy atom. The van der Waals surface area contributed by atoms with Crippen LogP contribution >= 0.6 is 0 Å². The Bertz CT molecular complexity index is 286. The van der Waals surface area contributed by atoms with E-state index in [-0.39, 0.29) is 24.3 Å². The molecule has 0 saturated heterocycles. The maximum absolute atomic E-state index is 11.5. The normalized spacial score (nSPS) is 13.5. The zero-order valence-corrected chi connectivity index (χ0v) is 11.3. The van der Waals surface area contributed by atoms with E-state index < -0.39 is 5.60 Å². The summed E-state index contributed by atoms with van der Waals surface area (Å²) in [6.07, 6.45) is 3.26. The lowest BCUT2D eigenvalue weighted by molar-refractivity contribution is -0.155. The van der Waals surface area contributed by atoms with E-state index in [1.807, 2.05) is 27.7 Å². The molecule has 0 aromatic rings. The molecular formula is C13H22O4. The summed E-state index contributed by atoms with van der Waals surface area (Å²) in [4.78, 5) is 22.5.